The van der Waals surface area contributed by atoms with Crippen LogP contribution in [0.5, 0.6) is 5.88 Å². The van der Waals surface area contributed by atoms with Crippen molar-refractivity contribution in [3.05, 3.63) is 59.3 Å². The van der Waals surface area contributed by atoms with E-state index in [1.807, 2.05) is 26.0 Å². The Labute approximate surface area is 141 Å². The first kappa shape index (κ1) is 17.5. The predicted molar refractivity (Wildman–Crippen MR) is 91.0 cm³/mol. The summed E-state index contributed by atoms with van der Waals surface area (Å²) < 4.78 is 5.24. The fourth-order valence-electron chi connectivity index (χ4n) is 2.07. The molecule has 126 valence electrons. The van der Waals surface area contributed by atoms with Crippen LogP contribution in [0.25, 0.3) is 0 Å². The van der Waals surface area contributed by atoms with Gasteiger partial charge in [-0.05, 0) is 37.6 Å². The number of hydrogen-bond donors (Lipinski definition) is 2. The van der Waals surface area contributed by atoms with E-state index in [-0.39, 0.29) is 11.8 Å². The van der Waals surface area contributed by atoms with E-state index in [2.05, 4.69) is 15.6 Å². The van der Waals surface area contributed by atoms with Gasteiger partial charge in [-0.2, -0.15) is 0 Å². The Morgan fingerprint density at radius 2 is 1.62 bits per heavy atom. The van der Waals surface area contributed by atoms with E-state index in [1.165, 1.54) is 6.20 Å². The summed E-state index contributed by atoms with van der Waals surface area (Å²) in [6.45, 7) is 5.25. The summed E-state index contributed by atoms with van der Waals surface area (Å²) in [6, 6.07) is 10.5. The number of carbonyl (C=O) groups excluding carboxylic acids is 2. The number of benzene rings is 1. The molecule has 0 spiro atoms. The third-order valence-corrected chi connectivity index (χ3v) is 3.30. The summed E-state index contributed by atoms with van der Waals surface area (Å²) in [5.74, 6) is 0.182. The van der Waals surface area contributed by atoms with Crippen molar-refractivity contribution in [1.82, 2.24) is 15.6 Å². The Bertz CT molecular complexity index is 682. The Kier molecular flexibility index (Phi) is 6.31. The van der Waals surface area contributed by atoms with Gasteiger partial charge in [-0.25, -0.2) is 4.98 Å². The van der Waals surface area contributed by atoms with Crippen LogP contribution in [0.3, 0.4) is 0 Å². The summed E-state index contributed by atoms with van der Waals surface area (Å²) in [6.07, 6.45) is 1.48. The normalized spacial score (nSPS) is 10.1. The van der Waals surface area contributed by atoms with E-state index in [9.17, 15) is 9.59 Å². The molecular formula is C18H21N3O3. The van der Waals surface area contributed by atoms with Crippen molar-refractivity contribution in [3.8, 4) is 5.88 Å². The lowest BCUT2D eigenvalue weighted by Gasteiger charge is -2.07. The number of amides is 2. The van der Waals surface area contributed by atoms with E-state index >= 15 is 0 Å². The number of ether oxygens (including phenoxy) is 1. The summed E-state index contributed by atoms with van der Waals surface area (Å²) in [4.78, 5) is 27.8. The molecule has 2 rings (SSSR count). The monoisotopic (exact) mass is 327 g/mol. The number of carbonyl (C=O) groups is 2. The molecule has 0 saturated heterocycles. The molecule has 0 bridgehead atoms. The molecule has 0 atom stereocenters. The first-order chi connectivity index (χ1) is 11.6. The number of hydrogen-bond acceptors (Lipinski definition) is 4. The molecule has 1 aromatic carbocycles. The van der Waals surface area contributed by atoms with Gasteiger partial charge in [0, 0.05) is 30.9 Å². The zero-order valence-electron chi connectivity index (χ0n) is 13.8. The third kappa shape index (κ3) is 4.81. The lowest BCUT2D eigenvalue weighted by molar-refractivity contribution is 0.0943. The van der Waals surface area contributed by atoms with E-state index in [0.29, 0.717) is 36.7 Å². The highest BCUT2D eigenvalue weighted by Crippen LogP contribution is 2.08. The van der Waals surface area contributed by atoms with Crippen molar-refractivity contribution in [2.24, 2.45) is 0 Å². The molecule has 0 saturated carbocycles. The van der Waals surface area contributed by atoms with Gasteiger partial charge in [0.1, 0.15) is 0 Å². The Hall–Kier alpha value is -2.89. The largest absolute Gasteiger partial charge is 0.478 e. The number of rotatable bonds is 7. The highest BCUT2D eigenvalue weighted by molar-refractivity contribution is 5.94. The first-order valence-corrected chi connectivity index (χ1v) is 7.88. The van der Waals surface area contributed by atoms with Gasteiger partial charge in [0.05, 0.1) is 12.2 Å². The molecule has 1 aromatic heterocycles. The van der Waals surface area contributed by atoms with Crippen LogP contribution in [-0.2, 0) is 6.54 Å². The standard InChI is InChI=1S/C18H21N3O3/c1-3-19-17(22)14-7-5-13(6-8-14)11-21-18(23)15-9-10-16(20-12-15)24-4-2/h5-10,12H,3-4,11H2,1-2H3,(H,19,22)(H,21,23). The molecule has 0 aliphatic rings. The molecule has 6 heteroatoms. The lowest BCUT2D eigenvalue weighted by atomic mass is 10.1. The number of nitrogens with one attached hydrogen (secondary N) is 2. The minimum atomic E-state index is -0.210. The van der Waals surface area contributed by atoms with Crippen LogP contribution >= 0.6 is 0 Å². The molecule has 0 aliphatic heterocycles. The third-order valence-electron chi connectivity index (χ3n) is 3.30. The van der Waals surface area contributed by atoms with Crippen molar-refractivity contribution in [2.45, 2.75) is 20.4 Å². The number of nitrogens with zero attached hydrogens (tertiary/aromatic N) is 1. The lowest BCUT2D eigenvalue weighted by Crippen LogP contribution is -2.24. The maximum atomic E-state index is 12.1. The van der Waals surface area contributed by atoms with E-state index < -0.39 is 0 Å². The van der Waals surface area contributed by atoms with Gasteiger partial charge in [0.15, 0.2) is 0 Å². The molecule has 2 aromatic rings. The molecule has 6 nitrogen and oxygen atoms in total. The summed E-state index contributed by atoms with van der Waals surface area (Å²) in [7, 11) is 0. The molecule has 0 aliphatic carbocycles. The average molecular weight is 327 g/mol. The van der Waals surface area contributed by atoms with E-state index in [0.717, 1.165) is 5.56 Å². The molecule has 2 N–H and O–H groups in total. The van der Waals surface area contributed by atoms with Gasteiger partial charge in [-0.1, -0.05) is 12.1 Å². The quantitative estimate of drug-likeness (QED) is 0.816. The Morgan fingerprint density at radius 1 is 0.958 bits per heavy atom. The fourth-order valence-corrected chi connectivity index (χ4v) is 2.07. The van der Waals surface area contributed by atoms with E-state index in [1.54, 1.807) is 24.3 Å². The van der Waals surface area contributed by atoms with Crippen molar-refractivity contribution < 1.29 is 14.3 Å². The minimum absolute atomic E-state index is 0.103. The van der Waals surface area contributed by atoms with E-state index in [4.69, 9.17) is 4.74 Å². The van der Waals surface area contributed by atoms with Crippen molar-refractivity contribution in [1.29, 1.82) is 0 Å². The van der Waals surface area contributed by atoms with Crippen LogP contribution in [0.2, 0.25) is 0 Å². The van der Waals surface area contributed by atoms with Crippen LogP contribution in [0, 0.1) is 0 Å². The maximum Gasteiger partial charge on any atom is 0.253 e. The predicted octanol–water partition coefficient (Wildman–Crippen LogP) is 2.16. The maximum absolute atomic E-state index is 12.1. The second kappa shape index (κ2) is 8.67. The fraction of sp³-hybridized carbons (Fsp3) is 0.278. The van der Waals surface area contributed by atoms with Gasteiger partial charge in [0.25, 0.3) is 11.8 Å². The second-order valence-electron chi connectivity index (χ2n) is 5.06. The van der Waals surface area contributed by atoms with Crippen LogP contribution in [0.15, 0.2) is 42.6 Å². The van der Waals surface area contributed by atoms with Crippen LogP contribution in [0.4, 0.5) is 0 Å². The zero-order chi connectivity index (χ0) is 17.4. The number of pyridine rings is 1. The van der Waals surface area contributed by atoms with Gasteiger partial charge >= 0.3 is 0 Å². The Balaban J connectivity index is 1.90. The molecule has 0 unspecified atom stereocenters. The van der Waals surface area contributed by atoms with Crippen LogP contribution in [0.1, 0.15) is 40.1 Å². The SMILES string of the molecule is CCNC(=O)c1ccc(CNC(=O)c2ccc(OCC)nc2)cc1. The second-order valence-corrected chi connectivity index (χ2v) is 5.06. The number of aromatic nitrogens is 1. The summed E-state index contributed by atoms with van der Waals surface area (Å²) in [5.41, 5.74) is 1.98. The highest BCUT2D eigenvalue weighted by Gasteiger charge is 2.07. The smallest absolute Gasteiger partial charge is 0.253 e. The van der Waals surface area contributed by atoms with Gasteiger partial charge in [-0.15, -0.1) is 0 Å². The summed E-state index contributed by atoms with van der Waals surface area (Å²) in [5, 5.41) is 5.56. The average Bonchev–Trinajstić information content (AvgIpc) is 2.61. The van der Waals surface area contributed by atoms with Gasteiger partial charge in [-0.3, -0.25) is 9.59 Å². The van der Waals surface area contributed by atoms with Crippen LogP contribution in [-0.4, -0.2) is 29.9 Å². The van der Waals surface area contributed by atoms with Crippen molar-refractivity contribution in [2.75, 3.05) is 13.2 Å². The molecule has 0 radical (unpaired) electrons. The molecule has 0 fully saturated rings. The van der Waals surface area contributed by atoms with Crippen molar-refractivity contribution >= 4 is 11.8 Å². The Morgan fingerprint density at radius 3 is 2.21 bits per heavy atom. The highest BCUT2D eigenvalue weighted by atomic mass is 16.5. The topological polar surface area (TPSA) is 80.3 Å². The minimum Gasteiger partial charge on any atom is -0.478 e. The zero-order valence-corrected chi connectivity index (χ0v) is 13.8. The molecular weight excluding hydrogens is 306 g/mol. The summed E-state index contributed by atoms with van der Waals surface area (Å²) >= 11 is 0. The molecule has 1 heterocycles. The first-order valence-electron chi connectivity index (χ1n) is 7.88. The molecule has 24 heavy (non-hydrogen) atoms. The van der Waals surface area contributed by atoms with Gasteiger partial charge < -0.3 is 15.4 Å². The van der Waals surface area contributed by atoms with Crippen LogP contribution < -0.4 is 15.4 Å². The van der Waals surface area contributed by atoms with Crippen molar-refractivity contribution in [3.63, 3.8) is 0 Å². The van der Waals surface area contributed by atoms with Gasteiger partial charge in [0.2, 0.25) is 5.88 Å². The molecule has 2 amide bonds.